The molecule has 0 saturated carbocycles. The molecule has 0 bridgehead atoms. The van der Waals surface area contributed by atoms with Crippen molar-refractivity contribution in [3.05, 3.63) is 179 Å². The molecule has 0 radical (unpaired) electrons. The zero-order valence-corrected chi connectivity index (χ0v) is 24.7. The second kappa shape index (κ2) is 11.6. The van der Waals surface area contributed by atoms with Crippen molar-refractivity contribution in [2.24, 2.45) is 0 Å². The van der Waals surface area contributed by atoms with Crippen molar-refractivity contribution in [3.8, 4) is 0 Å². The number of carbonyl (C=O) groups excluding carboxylic acids is 1. The lowest BCUT2D eigenvalue weighted by atomic mass is 9.62. The van der Waals surface area contributed by atoms with Crippen LogP contribution in [0.15, 0.2) is 152 Å². The van der Waals surface area contributed by atoms with Crippen LogP contribution in [0.5, 0.6) is 0 Å². The summed E-state index contributed by atoms with van der Waals surface area (Å²) in [7, 11) is -2.24. The van der Waals surface area contributed by atoms with E-state index in [0.29, 0.717) is 6.42 Å². The maximum Gasteiger partial charge on any atom is 0.124 e. The monoisotopic (exact) mass is 538 g/mol. The summed E-state index contributed by atoms with van der Waals surface area (Å²) in [6.07, 6.45) is 2.00. The first-order valence-corrected chi connectivity index (χ1v) is 17.7. The lowest BCUT2D eigenvalue weighted by Crippen LogP contribution is -2.50. The van der Waals surface area contributed by atoms with Gasteiger partial charge in [0.05, 0.1) is 8.07 Å². The smallest absolute Gasteiger partial charge is 0.124 e. The van der Waals surface area contributed by atoms with E-state index >= 15 is 0 Å². The average Bonchev–Trinajstić information content (AvgIpc) is 3.01. The Morgan fingerprint density at radius 3 is 1.10 bits per heavy atom. The zero-order chi connectivity index (χ0) is 28.1. The predicted octanol–water partition coefficient (Wildman–Crippen LogP) is 9.52. The summed E-state index contributed by atoms with van der Waals surface area (Å²) >= 11 is 0. The molecule has 0 amide bonds. The fourth-order valence-electron chi connectivity index (χ4n) is 6.58. The van der Waals surface area contributed by atoms with E-state index in [0.717, 1.165) is 0 Å². The zero-order valence-electron chi connectivity index (χ0n) is 23.7. The number of hydrogen-bond acceptors (Lipinski definition) is 1. The Labute approximate surface area is 240 Å². The van der Waals surface area contributed by atoms with Crippen molar-refractivity contribution in [2.45, 2.75) is 42.4 Å². The molecule has 1 unspecified atom stereocenters. The Balaban J connectivity index is 1.89. The van der Waals surface area contributed by atoms with E-state index in [1.54, 1.807) is 0 Å². The molecule has 0 aliphatic heterocycles. The van der Waals surface area contributed by atoms with Gasteiger partial charge in [-0.2, -0.15) is 0 Å². The Morgan fingerprint density at radius 1 is 0.525 bits per heavy atom. The van der Waals surface area contributed by atoms with Gasteiger partial charge in [0, 0.05) is 16.4 Å². The summed E-state index contributed by atoms with van der Waals surface area (Å²) in [6.45, 7) is 7.10. The largest absolute Gasteiger partial charge is 0.303 e. The fraction of sp³-hybridized carbons (Fsp3) is 0.184. The van der Waals surface area contributed by atoms with Crippen LogP contribution in [0, 0.1) is 0 Å². The number of aldehydes is 1. The molecule has 0 fully saturated rings. The molecule has 40 heavy (non-hydrogen) atoms. The lowest BCUT2D eigenvalue weighted by molar-refractivity contribution is -0.111. The van der Waals surface area contributed by atoms with Crippen LogP contribution in [-0.4, -0.2) is 14.4 Å². The Kier molecular flexibility index (Phi) is 8.00. The average molecular weight is 539 g/mol. The van der Waals surface area contributed by atoms with Gasteiger partial charge in [0.2, 0.25) is 0 Å². The second-order valence-electron chi connectivity index (χ2n) is 11.8. The highest BCUT2D eigenvalue weighted by Gasteiger charge is 2.55. The molecule has 1 atom stereocenters. The highest BCUT2D eigenvalue weighted by atomic mass is 28.3. The Morgan fingerprint density at radius 2 is 0.825 bits per heavy atom. The summed E-state index contributed by atoms with van der Waals surface area (Å²) in [6, 6.07) is 53.7. The first-order chi connectivity index (χ1) is 19.4. The third kappa shape index (κ3) is 5.00. The molecular weight excluding hydrogens is 501 g/mol. The molecule has 0 aliphatic rings. The van der Waals surface area contributed by atoms with E-state index in [1.165, 1.54) is 34.1 Å². The SMILES string of the molecule is C[Si](C)(C)C(C=O)(CC(c1ccccc1)(c1ccccc1)c1ccccc1)C(c1ccccc1)c1ccccc1. The third-order valence-corrected chi connectivity index (χ3v) is 12.1. The van der Waals surface area contributed by atoms with Crippen molar-refractivity contribution >= 4 is 14.4 Å². The molecule has 0 heterocycles. The van der Waals surface area contributed by atoms with Gasteiger partial charge in [-0.1, -0.05) is 171 Å². The van der Waals surface area contributed by atoms with Gasteiger partial charge in [-0.25, -0.2) is 0 Å². The molecule has 2 heteroatoms. The summed E-state index contributed by atoms with van der Waals surface area (Å²) < 4.78 is 0. The van der Waals surface area contributed by atoms with Crippen LogP contribution < -0.4 is 0 Å². The van der Waals surface area contributed by atoms with E-state index in [4.69, 9.17) is 0 Å². The number of hydrogen-bond donors (Lipinski definition) is 0. The summed E-state index contributed by atoms with van der Waals surface area (Å²) in [5.74, 6) is -0.0884. The Bertz CT molecular complexity index is 1360. The van der Waals surface area contributed by atoms with Gasteiger partial charge in [0.1, 0.15) is 6.29 Å². The quantitative estimate of drug-likeness (QED) is 0.0983. The van der Waals surface area contributed by atoms with E-state index < -0.39 is 18.5 Å². The van der Waals surface area contributed by atoms with E-state index in [1.807, 2.05) is 0 Å². The highest BCUT2D eigenvalue weighted by molar-refractivity contribution is 6.82. The van der Waals surface area contributed by atoms with Crippen molar-refractivity contribution in [3.63, 3.8) is 0 Å². The first-order valence-electron chi connectivity index (χ1n) is 14.2. The minimum absolute atomic E-state index is 0.0884. The first kappa shape index (κ1) is 27.5. The molecular formula is C38H38OSi. The van der Waals surface area contributed by atoms with Gasteiger partial charge >= 0.3 is 0 Å². The van der Waals surface area contributed by atoms with Gasteiger partial charge in [0.25, 0.3) is 0 Å². The van der Waals surface area contributed by atoms with Gasteiger partial charge in [-0.05, 0) is 34.2 Å². The van der Waals surface area contributed by atoms with Crippen molar-refractivity contribution in [1.82, 2.24) is 0 Å². The van der Waals surface area contributed by atoms with E-state index in [9.17, 15) is 4.79 Å². The predicted molar refractivity (Wildman–Crippen MR) is 171 cm³/mol. The van der Waals surface area contributed by atoms with Crippen LogP contribution in [0.3, 0.4) is 0 Å². The second-order valence-corrected chi connectivity index (χ2v) is 17.3. The molecule has 1 nitrogen and oxygen atoms in total. The molecule has 0 spiro atoms. The summed E-state index contributed by atoms with van der Waals surface area (Å²) in [5.41, 5.74) is 5.45. The molecule has 5 aromatic rings. The molecule has 0 aliphatic carbocycles. The van der Waals surface area contributed by atoms with Crippen LogP contribution >= 0.6 is 0 Å². The normalized spacial score (nSPS) is 13.5. The maximum atomic E-state index is 14.1. The number of benzene rings is 5. The van der Waals surface area contributed by atoms with Crippen molar-refractivity contribution in [1.29, 1.82) is 0 Å². The number of rotatable bonds is 10. The fourth-order valence-corrected chi connectivity index (χ4v) is 8.93. The van der Waals surface area contributed by atoms with Gasteiger partial charge in [-0.15, -0.1) is 0 Å². The minimum Gasteiger partial charge on any atom is -0.303 e. The van der Waals surface area contributed by atoms with Crippen LogP contribution in [0.25, 0.3) is 0 Å². The topological polar surface area (TPSA) is 17.1 Å². The summed E-state index contributed by atoms with van der Waals surface area (Å²) in [5, 5.41) is -0.642. The molecule has 0 saturated heterocycles. The molecule has 200 valence electrons. The standard InChI is InChI=1S/C38H38OSi/c1-40(2,3)37(30-39,36(31-19-9-4-10-20-31)32-21-11-5-12-22-32)29-38(33-23-13-6-14-24-33,34-25-15-7-16-26-34)35-27-17-8-18-28-35/h4-28,30,36H,29H2,1-3H3. The molecule has 5 rings (SSSR count). The maximum absolute atomic E-state index is 14.1. The van der Waals surface area contributed by atoms with E-state index in [2.05, 4.69) is 171 Å². The Hall–Kier alpha value is -4.01. The third-order valence-electron chi connectivity index (χ3n) is 8.75. The van der Waals surface area contributed by atoms with Gasteiger partial charge in [-0.3, -0.25) is 0 Å². The van der Waals surface area contributed by atoms with E-state index in [-0.39, 0.29) is 5.92 Å². The minimum atomic E-state index is -2.24. The summed E-state index contributed by atoms with van der Waals surface area (Å²) in [4.78, 5) is 14.1. The highest BCUT2D eigenvalue weighted by Crippen LogP contribution is 2.61. The number of carbonyl (C=O) groups is 1. The molecule has 0 aromatic heterocycles. The van der Waals surface area contributed by atoms with Crippen LogP contribution in [0.2, 0.25) is 24.7 Å². The van der Waals surface area contributed by atoms with Gasteiger partial charge < -0.3 is 4.79 Å². The van der Waals surface area contributed by atoms with Crippen LogP contribution in [-0.2, 0) is 10.2 Å². The van der Waals surface area contributed by atoms with Crippen molar-refractivity contribution < 1.29 is 4.79 Å². The van der Waals surface area contributed by atoms with Gasteiger partial charge in [0.15, 0.2) is 0 Å². The van der Waals surface area contributed by atoms with Crippen molar-refractivity contribution in [2.75, 3.05) is 0 Å². The lowest BCUT2D eigenvalue weighted by Gasteiger charge is -2.51. The molecule has 0 N–H and O–H groups in total. The van der Waals surface area contributed by atoms with Crippen LogP contribution in [0.1, 0.15) is 40.2 Å². The van der Waals surface area contributed by atoms with Crippen LogP contribution in [0.4, 0.5) is 0 Å². The molecule has 5 aromatic carbocycles.